The van der Waals surface area contributed by atoms with Crippen molar-refractivity contribution in [2.45, 2.75) is 51.2 Å². The van der Waals surface area contributed by atoms with Crippen molar-refractivity contribution >= 4 is 22.7 Å². The van der Waals surface area contributed by atoms with E-state index in [0.29, 0.717) is 23.3 Å². The summed E-state index contributed by atoms with van der Waals surface area (Å²) in [5, 5.41) is 20.8. The van der Waals surface area contributed by atoms with Crippen LogP contribution in [0.3, 0.4) is 0 Å². The van der Waals surface area contributed by atoms with Crippen LogP contribution in [0.5, 0.6) is 0 Å². The molecule has 0 unspecified atom stereocenters. The van der Waals surface area contributed by atoms with Crippen molar-refractivity contribution in [3.05, 3.63) is 22.9 Å². The fraction of sp³-hybridized carbons (Fsp3) is 0.533. The molecule has 0 radical (unpaired) electrons. The number of fused-ring (bicyclic) bond motifs is 1. The molecule has 1 aliphatic carbocycles. The number of nitroso groups, excluding NO2 is 1. The Hall–Kier alpha value is -2.51. The van der Waals surface area contributed by atoms with Gasteiger partial charge in [0.05, 0.1) is 23.3 Å². The van der Waals surface area contributed by atoms with Gasteiger partial charge in [-0.1, -0.05) is 5.18 Å². The van der Waals surface area contributed by atoms with Crippen LogP contribution in [0.1, 0.15) is 43.0 Å². The number of rotatable bonds is 5. The van der Waals surface area contributed by atoms with Crippen molar-refractivity contribution in [1.82, 2.24) is 14.8 Å². The number of pyridine rings is 1. The van der Waals surface area contributed by atoms with Crippen LogP contribution in [0, 0.1) is 4.91 Å². The largest absolute Gasteiger partial charge is 0.478 e. The van der Waals surface area contributed by atoms with Gasteiger partial charge in [-0.2, -0.15) is 10.0 Å². The third-order valence-electron chi connectivity index (χ3n) is 4.39. The second kappa shape index (κ2) is 6.31. The first-order chi connectivity index (χ1) is 11.1. The summed E-state index contributed by atoms with van der Waals surface area (Å²) >= 11 is 0. The van der Waals surface area contributed by atoms with Gasteiger partial charge in [0.15, 0.2) is 5.65 Å². The van der Waals surface area contributed by atoms with Crippen LogP contribution >= 0.6 is 0 Å². The van der Waals surface area contributed by atoms with Gasteiger partial charge in [-0.25, -0.2) is 14.5 Å². The van der Waals surface area contributed by atoms with E-state index >= 15 is 0 Å². The minimum absolute atomic E-state index is 0.118. The molecule has 0 aliphatic heterocycles. The highest BCUT2D eigenvalue weighted by Crippen LogP contribution is 2.30. The first-order valence-corrected chi connectivity index (χ1v) is 7.80. The first kappa shape index (κ1) is 15.4. The molecule has 1 fully saturated rings. The molecule has 2 heterocycles. The Morgan fingerprint density at radius 3 is 2.74 bits per heavy atom. The summed E-state index contributed by atoms with van der Waals surface area (Å²) in [7, 11) is 0. The van der Waals surface area contributed by atoms with E-state index in [4.69, 9.17) is 0 Å². The van der Waals surface area contributed by atoms with Crippen molar-refractivity contribution < 1.29 is 9.90 Å². The maximum Gasteiger partial charge on any atom is 0.339 e. The third kappa shape index (κ3) is 2.88. The SMILES string of the molecule is CCn1ncc2c(NC3CCC(N=O)CC3)c(C(=O)O)cnc21. The first-order valence-electron chi connectivity index (χ1n) is 7.80. The van der Waals surface area contributed by atoms with E-state index in [1.165, 1.54) is 6.20 Å². The summed E-state index contributed by atoms with van der Waals surface area (Å²) in [6, 6.07) is 0.00831. The van der Waals surface area contributed by atoms with Crippen molar-refractivity contribution in [3.8, 4) is 0 Å². The Kier molecular flexibility index (Phi) is 4.22. The number of nitrogens with zero attached hydrogens (tertiary/aromatic N) is 4. The molecule has 1 saturated carbocycles. The molecule has 0 bridgehead atoms. The number of aryl methyl sites for hydroxylation is 1. The highest BCUT2D eigenvalue weighted by Gasteiger charge is 2.24. The molecule has 2 aromatic rings. The number of carboxylic acids is 1. The number of aromatic nitrogens is 3. The lowest BCUT2D eigenvalue weighted by atomic mass is 9.91. The van der Waals surface area contributed by atoms with Crippen molar-refractivity contribution in [1.29, 1.82) is 0 Å². The Balaban J connectivity index is 1.94. The molecule has 2 N–H and O–H groups in total. The van der Waals surface area contributed by atoms with Crippen LogP contribution in [0.2, 0.25) is 0 Å². The Bertz CT molecular complexity index is 734. The number of nitrogens with one attached hydrogen (secondary N) is 1. The minimum atomic E-state index is -1.02. The van der Waals surface area contributed by atoms with Gasteiger partial charge >= 0.3 is 5.97 Å². The van der Waals surface area contributed by atoms with Crippen LogP contribution in [-0.4, -0.2) is 37.9 Å². The van der Waals surface area contributed by atoms with Crippen LogP contribution in [0.4, 0.5) is 5.69 Å². The van der Waals surface area contributed by atoms with Gasteiger partial charge in [0, 0.05) is 18.8 Å². The number of aromatic carboxylic acids is 1. The summed E-state index contributed by atoms with van der Waals surface area (Å²) in [6.45, 7) is 2.62. The quantitative estimate of drug-likeness (QED) is 0.820. The minimum Gasteiger partial charge on any atom is -0.478 e. The zero-order valence-electron chi connectivity index (χ0n) is 12.9. The standard InChI is InChI=1S/C15H19N5O3/c1-2-20-14-11(8-17-20)13(12(7-16-14)15(21)22)18-9-3-5-10(19-23)6-4-9/h7-10H,2-6H2,1H3,(H,16,18)(H,21,22). The monoisotopic (exact) mass is 317 g/mol. The predicted octanol–water partition coefficient (Wildman–Crippen LogP) is 2.64. The Morgan fingerprint density at radius 1 is 1.39 bits per heavy atom. The Labute approximate surface area is 132 Å². The second-order valence-corrected chi connectivity index (χ2v) is 5.80. The van der Waals surface area contributed by atoms with Gasteiger partial charge in [0.2, 0.25) is 0 Å². The second-order valence-electron chi connectivity index (χ2n) is 5.80. The zero-order chi connectivity index (χ0) is 16.4. The summed E-state index contributed by atoms with van der Waals surface area (Å²) in [6.07, 6.45) is 6.07. The molecule has 122 valence electrons. The van der Waals surface area contributed by atoms with Crippen LogP contribution < -0.4 is 5.32 Å². The molecule has 0 amide bonds. The van der Waals surface area contributed by atoms with E-state index < -0.39 is 5.97 Å². The number of carboxylic acid groups (broad SMARTS) is 1. The highest BCUT2D eigenvalue weighted by molar-refractivity contribution is 6.03. The number of hydrogen-bond donors (Lipinski definition) is 2. The topological polar surface area (TPSA) is 109 Å². The normalized spacial score (nSPS) is 21.3. The summed E-state index contributed by atoms with van der Waals surface area (Å²) < 4.78 is 1.74. The summed E-state index contributed by atoms with van der Waals surface area (Å²) in [5.74, 6) is -1.02. The molecule has 2 aromatic heterocycles. The summed E-state index contributed by atoms with van der Waals surface area (Å²) in [5.41, 5.74) is 1.37. The molecule has 0 saturated heterocycles. The average molecular weight is 317 g/mol. The van der Waals surface area contributed by atoms with Crippen molar-refractivity contribution in [3.63, 3.8) is 0 Å². The lowest BCUT2D eigenvalue weighted by Gasteiger charge is -2.27. The lowest BCUT2D eigenvalue weighted by molar-refractivity contribution is 0.0697. The van der Waals surface area contributed by atoms with E-state index in [1.54, 1.807) is 10.9 Å². The predicted molar refractivity (Wildman–Crippen MR) is 85.6 cm³/mol. The Morgan fingerprint density at radius 2 is 2.13 bits per heavy atom. The fourth-order valence-corrected chi connectivity index (χ4v) is 3.11. The van der Waals surface area contributed by atoms with Gasteiger partial charge in [0.1, 0.15) is 5.56 Å². The van der Waals surface area contributed by atoms with Gasteiger partial charge in [-0.3, -0.25) is 0 Å². The smallest absolute Gasteiger partial charge is 0.339 e. The molecule has 0 spiro atoms. The average Bonchev–Trinajstić information content (AvgIpc) is 2.99. The molecule has 3 rings (SSSR count). The lowest BCUT2D eigenvalue weighted by Crippen LogP contribution is -2.28. The highest BCUT2D eigenvalue weighted by atomic mass is 16.4. The molecular formula is C15H19N5O3. The molecule has 8 heteroatoms. The molecule has 1 aliphatic rings. The number of carbonyl (C=O) groups is 1. The molecule has 0 aromatic carbocycles. The maximum atomic E-state index is 11.5. The molecule has 23 heavy (non-hydrogen) atoms. The van der Waals surface area contributed by atoms with E-state index in [0.717, 1.165) is 25.7 Å². The van der Waals surface area contributed by atoms with Gasteiger partial charge in [-0.05, 0) is 32.6 Å². The molecular weight excluding hydrogens is 298 g/mol. The third-order valence-corrected chi connectivity index (χ3v) is 4.39. The van der Waals surface area contributed by atoms with E-state index in [9.17, 15) is 14.8 Å². The van der Waals surface area contributed by atoms with Crippen LogP contribution in [0.25, 0.3) is 11.0 Å². The summed E-state index contributed by atoms with van der Waals surface area (Å²) in [4.78, 5) is 26.4. The zero-order valence-corrected chi connectivity index (χ0v) is 12.9. The fourth-order valence-electron chi connectivity index (χ4n) is 3.11. The maximum absolute atomic E-state index is 11.5. The van der Waals surface area contributed by atoms with Crippen LogP contribution in [0.15, 0.2) is 17.6 Å². The number of anilines is 1. The molecule has 8 nitrogen and oxygen atoms in total. The number of hydrogen-bond acceptors (Lipinski definition) is 6. The van der Waals surface area contributed by atoms with E-state index in [1.807, 2.05) is 6.92 Å². The van der Waals surface area contributed by atoms with E-state index in [2.05, 4.69) is 20.6 Å². The molecule has 0 atom stereocenters. The van der Waals surface area contributed by atoms with Crippen molar-refractivity contribution in [2.75, 3.05) is 5.32 Å². The van der Waals surface area contributed by atoms with E-state index in [-0.39, 0.29) is 17.6 Å². The van der Waals surface area contributed by atoms with Gasteiger partial charge in [-0.15, -0.1) is 0 Å². The van der Waals surface area contributed by atoms with Gasteiger partial charge in [0.25, 0.3) is 0 Å². The van der Waals surface area contributed by atoms with Crippen LogP contribution in [-0.2, 0) is 6.54 Å². The van der Waals surface area contributed by atoms with Gasteiger partial charge < -0.3 is 10.4 Å². The van der Waals surface area contributed by atoms with Crippen molar-refractivity contribution in [2.24, 2.45) is 5.18 Å².